The van der Waals surface area contributed by atoms with Crippen LogP contribution in [-0.4, -0.2) is 53.1 Å². The number of aromatic nitrogens is 3. The lowest BCUT2D eigenvalue weighted by Gasteiger charge is -2.34. The predicted molar refractivity (Wildman–Crippen MR) is 132 cm³/mol. The molecule has 1 fully saturated rings. The summed E-state index contributed by atoms with van der Waals surface area (Å²) in [6, 6.07) is 14.3. The molecule has 0 aliphatic carbocycles. The first-order valence-electron chi connectivity index (χ1n) is 10.8. The fourth-order valence-corrected chi connectivity index (χ4v) is 4.26. The second kappa shape index (κ2) is 8.73. The van der Waals surface area contributed by atoms with Crippen molar-refractivity contribution in [2.24, 2.45) is 0 Å². The van der Waals surface area contributed by atoms with Crippen LogP contribution in [0.1, 0.15) is 5.56 Å². The molecule has 1 aliphatic rings. The van der Waals surface area contributed by atoms with Gasteiger partial charge in [0, 0.05) is 72.7 Å². The summed E-state index contributed by atoms with van der Waals surface area (Å²) in [5.74, 6) is 0.537. The zero-order valence-corrected chi connectivity index (χ0v) is 19.0. The number of piperazine rings is 1. The minimum Gasteiger partial charge on any atom is -0.369 e. The van der Waals surface area contributed by atoms with Crippen LogP contribution in [0.4, 0.5) is 17.3 Å². The average Bonchev–Trinajstić information content (AvgIpc) is 2.81. The van der Waals surface area contributed by atoms with Crippen LogP contribution in [0.5, 0.6) is 0 Å². The van der Waals surface area contributed by atoms with Crippen molar-refractivity contribution in [3.05, 3.63) is 71.6 Å². The molecule has 3 heterocycles. The molecule has 1 N–H and O–H groups in total. The summed E-state index contributed by atoms with van der Waals surface area (Å²) in [6.45, 7) is 6.35. The van der Waals surface area contributed by atoms with Crippen molar-refractivity contribution in [3.63, 3.8) is 0 Å². The molecule has 0 bridgehead atoms. The molecule has 32 heavy (non-hydrogen) atoms. The summed E-state index contributed by atoms with van der Waals surface area (Å²) < 4.78 is 0. The van der Waals surface area contributed by atoms with Gasteiger partial charge in [-0.1, -0.05) is 17.7 Å². The Bertz CT molecular complexity index is 1250. The van der Waals surface area contributed by atoms with Crippen molar-refractivity contribution in [3.8, 4) is 11.1 Å². The lowest BCUT2D eigenvalue weighted by atomic mass is 10.0. The molecule has 0 radical (unpaired) electrons. The van der Waals surface area contributed by atoms with Crippen LogP contribution in [-0.2, 0) is 0 Å². The van der Waals surface area contributed by atoms with Gasteiger partial charge in [-0.3, -0.25) is 4.98 Å². The summed E-state index contributed by atoms with van der Waals surface area (Å²) in [4.78, 5) is 18.4. The number of anilines is 3. The molecule has 5 rings (SSSR count). The minimum atomic E-state index is 0.537. The van der Waals surface area contributed by atoms with Crippen molar-refractivity contribution in [2.45, 2.75) is 6.92 Å². The van der Waals surface area contributed by atoms with Gasteiger partial charge >= 0.3 is 0 Å². The summed E-state index contributed by atoms with van der Waals surface area (Å²) >= 11 is 6.45. The molecule has 0 unspecified atom stereocenters. The Balaban J connectivity index is 1.44. The van der Waals surface area contributed by atoms with Gasteiger partial charge in [-0.2, -0.15) is 0 Å². The van der Waals surface area contributed by atoms with E-state index in [4.69, 9.17) is 16.6 Å². The van der Waals surface area contributed by atoms with Gasteiger partial charge in [0.1, 0.15) is 0 Å². The quantitative estimate of drug-likeness (QED) is 0.469. The first kappa shape index (κ1) is 20.7. The van der Waals surface area contributed by atoms with Gasteiger partial charge in [-0.15, -0.1) is 0 Å². The second-order valence-corrected chi connectivity index (χ2v) is 8.61. The third kappa shape index (κ3) is 4.11. The fraction of sp³-hybridized carbons (Fsp3) is 0.240. The Hall–Kier alpha value is -3.22. The van der Waals surface area contributed by atoms with E-state index < -0.39 is 0 Å². The Morgan fingerprint density at radius 3 is 2.44 bits per heavy atom. The van der Waals surface area contributed by atoms with Crippen LogP contribution >= 0.6 is 11.6 Å². The van der Waals surface area contributed by atoms with E-state index in [9.17, 15) is 0 Å². The first-order chi connectivity index (χ1) is 15.6. The van der Waals surface area contributed by atoms with E-state index >= 15 is 0 Å². The molecule has 6 nitrogen and oxygen atoms in total. The molecular weight excluding hydrogens is 420 g/mol. The lowest BCUT2D eigenvalue weighted by Crippen LogP contribution is -2.44. The number of rotatable bonds is 4. The monoisotopic (exact) mass is 444 g/mol. The maximum atomic E-state index is 6.45. The van der Waals surface area contributed by atoms with Gasteiger partial charge in [0.2, 0.25) is 5.95 Å². The molecule has 0 saturated carbocycles. The smallest absolute Gasteiger partial charge is 0.227 e. The van der Waals surface area contributed by atoms with E-state index in [1.54, 1.807) is 12.4 Å². The van der Waals surface area contributed by atoms with Crippen molar-refractivity contribution in [2.75, 3.05) is 43.4 Å². The zero-order valence-electron chi connectivity index (χ0n) is 18.2. The van der Waals surface area contributed by atoms with Crippen LogP contribution in [0.2, 0.25) is 5.02 Å². The van der Waals surface area contributed by atoms with E-state index in [0.717, 1.165) is 59.5 Å². The maximum absolute atomic E-state index is 6.45. The number of pyridine rings is 1. The lowest BCUT2D eigenvalue weighted by molar-refractivity contribution is 0.313. The van der Waals surface area contributed by atoms with Gasteiger partial charge in [0.05, 0.1) is 10.5 Å². The summed E-state index contributed by atoms with van der Waals surface area (Å²) in [5.41, 5.74) is 6.16. The molecule has 2 aromatic heterocycles. The number of nitrogens with zero attached hydrogens (tertiary/aromatic N) is 5. The SMILES string of the molecule is Cc1ccncc1-c1ccc(Cl)c2cnc(Nc3ccc(N4CCN(C)CC4)cc3)nc12. The Morgan fingerprint density at radius 1 is 0.906 bits per heavy atom. The topological polar surface area (TPSA) is 57.2 Å². The van der Waals surface area contributed by atoms with Crippen molar-refractivity contribution < 1.29 is 0 Å². The Kier molecular flexibility index (Phi) is 5.64. The van der Waals surface area contributed by atoms with Crippen LogP contribution < -0.4 is 10.2 Å². The van der Waals surface area contributed by atoms with Crippen LogP contribution in [0.3, 0.4) is 0 Å². The second-order valence-electron chi connectivity index (χ2n) is 8.20. The molecule has 4 aromatic rings. The van der Waals surface area contributed by atoms with E-state index in [1.165, 1.54) is 5.69 Å². The molecular formula is C25H25ClN6. The summed E-state index contributed by atoms with van der Waals surface area (Å²) in [6.07, 6.45) is 5.44. The van der Waals surface area contributed by atoms with Crippen molar-refractivity contribution >= 4 is 39.8 Å². The van der Waals surface area contributed by atoms with Gasteiger partial charge in [0.25, 0.3) is 0 Å². The van der Waals surface area contributed by atoms with Crippen molar-refractivity contribution in [1.29, 1.82) is 0 Å². The molecule has 162 valence electrons. The molecule has 7 heteroatoms. The highest BCUT2D eigenvalue weighted by molar-refractivity contribution is 6.35. The predicted octanol–water partition coefficient (Wildman–Crippen LogP) is 5.15. The van der Waals surface area contributed by atoms with Crippen molar-refractivity contribution in [1.82, 2.24) is 19.9 Å². The van der Waals surface area contributed by atoms with Crippen LogP contribution in [0.25, 0.3) is 22.0 Å². The number of nitrogens with one attached hydrogen (secondary N) is 1. The molecule has 2 aromatic carbocycles. The van der Waals surface area contributed by atoms with E-state index in [2.05, 4.69) is 63.3 Å². The van der Waals surface area contributed by atoms with E-state index in [0.29, 0.717) is 11.0 Å². The van der Waals surface area contributed by atoms with Gasteiger partial charge in [-0.05, 0) is 55.9 Å². The zero-order chi connectivity index (χ0) is 22.1. The number of benzene rings is 2. The molecule has 1 aliphatic heterocycles. The van der Waals surface area contributed by atoms with E-state index in [1.807, 2.05) is 24.4 Å². The minimum absolute atomic E-state index is 0.537. The van der Waals surface area contributed by atoms with Gasteiger partial charge < -0.3 is 15.1 Å². The average molecular weight is 445 g/mol. The first-order valence-corrected chi connectivity index (χ1v) is 11.1. The number of halogens is 1. The number of likely N-dealkylation sites (N-methyl/N-ethyl adjacent to an activating group) is 1. The number of hydrogen-bond acceptors (Lipinski definition) is 6. The summed E-state index contributed by atoms with van der Waals surface area (Å²) in [5, 5.41) is 4.79. The van der Waals surface area contributed by atoms with E-state index in [-0.39, 0.29) is 0 Å². The Labute approximate surface area is 192 Å². The molecule has 0 spiro atoms. The third-order valence-corrected chi connectivity index (χ3v) is 6.35. The number of hydrogen-bond donors (Lipinski definition) is 1. The number of aryl methyl sites for hydroxylation is 1. The highest BCUT2D eigenvalue weighted by Gasteiger charge is 2.15. The standard InChI is InChI=1S/C25H25ClN6/c1-17-9-10-27-15-21(17)20-7-8-23(26)22-16-28-25(30-24(20)22)29-18-3-5-19(6-4-18)32-13-11-31(2)12-14-32/h3-10,15-16H,11-14H2,1-2H3,(H,28,29,30). The Morgan fingerprint density at radius 2 is 1.69 bits per heavy atom. The normalized spacial score (nSPS) is 14.7. The molecule has 1 saturated heterocycles. The van der Waals surface area contributed by atoms with Gasteiger partial charge in [-0.25, -0.2) is 9.97 Å². The fourth-order valence-electron chi connectivity index (χ4n) is 4.06. The third-order valence-electron chi connectivity index (χ3n) is 6.02. The highest BCUT2D eigenvalue weighted by atomic mass is 35.5. The van der Waals surface area contributed by atoms with Gasteiger partial charge in [0.15, 0.2) is 0 Å². The van der Waals surface area contributed by atoms with Crippen LogP contribution in [0, 0.1) is 6.92 Å². The number of fused-ring (bicyclic) bond motifs is 1. The largest absolute Gasteiger partial charge is 0.369 e. The molecule has 0 amide bonds. The van der Waals surface area contributed by atoms with Crippen LogP contribution in [0.15, 0.2) is 61.1 Å². The highest BCUT2D eigenvalue weighted by Crippen LogP contribution is 2.33. The summed E-state index contributed by atoms with van der Waals surface area (Å²) in [7, 11) is 2.17. The maximum Gasteiger partial charge on any atom is 0.227 e. The molecule has 0 atom stereocenters.